The monoisotopic (exact) mass is 453 g/mol. The van der Waals surface area contributed by atoms with Gasteiger partial charge in [0.15, 0.2) is 0 Å². The number of piperidine rings is 1. The summed E-state index contributed by atoms with van der Waals surface area (Å²) in [5, 5.41) is 48.5. The van der Waals surface area contributed by atoms with Gasteiger partial charge in [-0.2, -0.15) is 0 Å². The maximum atomic E-state index is 12.8. The predicted molar refractivity (Wildman–Crippen MR) is 114 cm³/mol. The second-order valence-electron chi connectivity index (χ2n) is 11.7. The van der Waals surface area contributed by atoms with Gasteiger partial charge in [0.1, 0.15) is 0 Å². The average molecular weight is 454 g/mol. The second-order valence-corrected chi connectivity index (χ2v) is 11.7. The van der Waals surface area contributed by atoms with Gasteiger partial charge in [-0.05, 0) is 25.8 Å². The van der Waals surface area contributed by atoms with E-state index in [-0.39, 0.29) is 41.4 Å². The van der Waals surface area contributed by atoms with E-state index in [9.17, 15) is 20.4 Å². The van der Waals surface area contributed by atoms with Gasteiger partial charge in [-0.1, -0.05) is 6.92 Å². The molecule has 1 aliphatic heterocycles. The van der Waals surface area contributed by atoms with Crippen molar-refractivity contribution in [3.05, 3.63) is 0 Å². The van der Waals surface area contributed by atoms with Crippen LogP contribution in [0.2, 0.25) is 0 Å². The number of nitrogens with zero attached hydrogens (tertiary/aromatic N) is 1. The first-order valence-electron chi connectivity index (χ1n) is 12.3. The van der Waals surface area contributed by atoms with Crippen LogP contribution in [0.3, 0.4) is 0 Å². The highest BCUT2D eigenvalue weighted by Crippen LogP contribution is 2.80. The van der Waals surface area contributed by atoms with Crippen LogP contribution in [0.15, 0.2) is 0 Å². The minimum atomic E-state index is -1.41. The van der Waals surface area contributed by atoms with Gasteiger partial charge >= 0.3 is 0 Å². The molecule has 7 bridgehead atoms. The van der Waals surface area contributed by atoms with E-state index in [4.69, 9.17) is 14.2 Å². The molecule has 0 aromatic carbocycles. The molecule has 5 saturated carbocycles. The number of methoxy groups -OCH3 is 3. The Morgan fingerprint density at radius 3 is 2.41 bits per heavy atom. The molecule has 182 valence electrons. The molecule has 1 spiro atoms. The number of likely N-dealkylation sites (tertiary alicyclic amines) is 1. The average Bonchev–Trinajstić information content (AvgIpc) is 3.15. The van der Waals surface area contributed by atoms with Gasteiger partial charge in [0.25, 0.3) is 0 Å². The lowest BCUT2D eigenvalue weighted by molar-refractivity contribution is -0.325. The zero-order valence-corrected chi connectivity index (χ0v) is 19.6. The number of ether oxygens (including phenoxy) is 3. The van der Waals surface area contributed by atoms with Crippen molar-refractivity contribution in [3.63, 3.8) is 0 Å². The van der Waals surface area contributed by atoms with Crippen molar-refractivity contribution >= 4 is 0 Å². The van der Waals surface area contributed by atoms with Crippen LogP contribution in [-0.4, -0.2) is 108 Å². The molecule has 6 aliphatic rings. The van der Waals surface area contributed by atoms with Gasteiger partial charge in [-0.3, -0.25) is 4.90 Å². The molecule has 4 N–H and O–H groups in total. The van der Waals surface area contributed by atoms with E-state index >= 15 is 0 Å². The number of aliphatic hydroxyl groups excluding tert-OH is 2. The molecule has 13 atom stereocenters. The normalized spacial score (nSPS) is 62.4. The minimum absolute atomic E-state index is 0.159. The smallest absolute Gasteiger partial charge is 0.0832 e. The first-order chi connectivity index (χ1) is 15.2. The summed E-state index contributed by atoms with van der Waals surface area (Å²) in [6, 6.07) is -0.226. The van der Waals surface area contributed by atoms with Gasteiger partial charge in [0.2, 0.25) is 0 Å². The third-order valence-corrected chi connectivity index (χ3v) is 11.2. The summed E-state index contributed by atoms with van der Waals surface area (Å²) in [6.07, 6.45) is -0.229. The third-order valence-electron chi connectivity index (χ3n) is 11.2. The molecule has 6 fully saturated rings. The van der Waals surface area contributed by atoms with Gasteiger partial charge in [-0.25, -0.2) is 0 Å². The van der Waals surface area contributed by atoms with Crippen LogP contribution in [0.1, 0.15) is 32.6 Å². The Morgan fingerprint density at radius 2 is 1.78 bits per heavy atom. The van der Waals surface area contributed by atoms with Crippen LogP contribution in [0.25, 0.3) is 0 Å². The zero-order valence-electron chi connectivity index (χ0n) is 19.6. The standard InChI is InChI=1S/C24H39NO7/c1-5-25-10-21(11-30-2)7-6-14(26)24-19(21)17(32-4)15(20(24)25)22(28)9-13(31-3)12-8-23(24,29)18(22)16(12)27/h12-20,26-29H,5-11H2,1-4H3/t12-,13+,14+,15+,16+,17+,18-,19-,20-,21+,22+,23+,24-/m1/s1. The molecule has 0 radical (unpaired) electrons. The van der Waals surface area contributed by atoms with Crippen molar-refractivity contribution < 1.29 is 34.6 Å². The van der Waals surface area contributed by atoms with Crippen LogP contribution < -0.4 is 0 Å². The third kappa shape index (κ3) is 2.03. The molecule has 1 saturated heterocycles. The van der Waals surface area contributed by atoms with Gasteiger partial charge in [0.05, 0.1) is 42.2 Å². The summed E-state index contributed by atoms with van der Waals surface area (Å²) in [6.45, 7) is 4.18. The highest BCUT2D eigenvalue weighted by Gasteiger charge is 2.90. The molecule has 0 aromatic heterocycles. The number of rotatable bonds is 5. The van der Waals surface area contributed by atoms with Crippen LogP contribution in [0.5, 0.6) is 0 Å². The van der Waals surface area contributed by atoms with Crippen molar-refractivity contribution in [3.8, 4) is 0 Å². The van der Waals surface area contributed by atoms with E-state index in [0.29, 0.717) is 25.9 Å². The molecular weight excluding hydrogens is 414 g/mol. The molecule has 0 aromatic rings. The molecule has 6 rings (SSSR count). The Hall–Kier alpha value is -0.320. The van der Waals surface area contributed by atoms with E-state index < -0.39 is 34.7 Å². The Bertz CT molecular complexity index is 798. The molecule has 0 unspecified atom stereocenters. The lowest BCUT2D eigenvalue weighted by atomic mass is 9.41. The minimum Gasteiger partial charge on any atom is -0.392 e. The largest absolute Gasteiger partial charge is 0.392 e. The maximum absolute atomic E-state index is 12.8. The Balaban J connectivity index is 1.67. The maximum Gasteiger partial charge on any atom is 0.0832 e. The summed E-state index contributed by atoms with van der Waals surface area (Å²) < 4.78 is 17.8. The Kier molecular flexibility index (Phi) is 4.62. The van der Waals surface area contributed by atoms with Gasteiger partial charge in [0, 0.05) is 74.8 Å². The van der Waals surface area contributed by atoms with Crippen molar-refractivity contribution in [2.24, 2.45) is 34.5 Å². The highest BCUT2D eigenvalue weighted by atomic mass is 16.5. The second kappa shape index (κ2) is 6.66. The van der Waals surface area contributed by atoms with Crippen LogP contribution in [0, 0.1) is 34.5 Å². The van der Waals surface area contributed by atoms with Crippen molar-refractivity contribution in [2.75, 3.05) is 41.0 Å². The number of fused-ring (bicyclic) bond motifs is 2. The van der Waals surface area contributed by atoms with Crippen LogP contribution in [0.4, 0.5) is 0 Å². The van der Waals surface area contributed by atoms with Crippen LogP contribution in [-0.2, 0) is 14.2 Å². The SMILES string of the molecule is CCN1C[C@]2(COC)CC[C@H](O)[C@@]34[C@@H]2[C@@H](OC)[C@@H]([C@@H]13)[C@@]1(O)C[C@H](OC)[C@H]2C[C@]4(O)[C@@H]1[C@H]2O. The van der Waals surface area contributed by atoms with Crippen LogP contribution >= 0.6 is 0 Å². The summed E-state index contributed by atoms with van der Waals surface area (Å²) >= 11 is 0. The summed E-state index contributed by atoms with van der Waals surface area (Å²) in [4.78, 5) is 2.37. The number of hydrogen-bond donors (Lipinski definition) is 4. The molecule has 5 aliphatic carbocycles. The quantitative estimate of drug-likeness (QED) is 0.446. The fourth-order valence-electron chi connectivity index (χ4n) is 10.7. The zero-order chi connectivity index (χ0) is 22.8. The van der Waals surface area contributed by atoms with Crippen molar-refractivity contribution in [1.82, 2.24) is 4.90 Å². The van der Waals surface area contributed by atoms with Gasteiger partial charge < -0.3 is 34.6 Å². The van der Waals surface area contributed by atoms with E-state index in [2.05, 4.69) is 11.8 Å². The van der Waals surface area contributed by atoms with Crippen molar-refractivity contribution in [2.45, 2.75) is 74.3 Å². The molecule has 8 heteroatoms. The van der Waals surface area contributed by atoms with E-state index in [0.717, 1.165) is 19.5 Å². The number of aliphatic hydroxyl groups is 4. The van der Waals surface area contributed by atoms with Crippen molar-refractivity contribution in [1.29, 1.82) is 0 Å². The first kappa shape index (κ1) is 22.2. The van der Waals surface area contributed by atoms with E-state index in [1.807, 2.05) is 0 Å². The fourth-order valence-corrected chi connectivity index (χ4v) is 10.7. The fraction of sp³-hybridized carbons (Fsp3) is 1.00. The Morgan fingerprint density at radius 1 is 1.03 bits per heavy atom. The molecule has 1 heterocycles. The molecule has 8 nitrogen and oxygen atoms in total. The summed E-state index contributed by atoms with van der Waals surface area (Å²) in [5.41, 5.74) is -3.93. The number of hydrogen-bond acceptors (Lipinski definition) is 8. The summed E-state index contributed by atoms with van der Waals surface area (Å²) in [7, 11) is 5.02. The summed E-state index contributed by atoms with van der Waals surface area (Å²) in [5.74, 6) is -1.47. The van der Waals surface area contributed by atoms with Gasteiger partial charge in [-0.15, -0.1) is 0 Å². The predicted octanol–water partition coefficient (Wildman–Crippen LogP) is -0.383. The Labute approximate surface area is 189 Å². The highest BCUT2D eigenvalue weighted by molar-refractivity contribution is 5.40. The lowest BCUT2D eigenvalue weighted by Crippen LogP contribution is -2.82. The van der Waals surface area contributed by atoms with E-state index in [1.54, 1.807) is 21.3 Å². The molecule has 0 amide bonds. The topological polar surface area (TPSA) is 112 Å². The first-order valence-corrected chi connectivity index (χ1v) is 12.3. The molecular formula is C24H39NO7. The van der Waals surface area contributed by atoms with E-state index in [1.165, 1.54) is 0 Å². The lowest BCUT2D eigenvalue weighted by Gasteiger charge is -2.71. The molecule has 32 heavy (non-hydrogen) atoms.